The van der Waals surface area contributed by atoms with E-state index in [4.69, 9.17) is 0 Å². The van der Waals surface area contributed by atoms with Gasteiger partial charge < -0.3 is 15.1 Å². The molecule has 1 amide bonds. The number of carbonyl (C=O) groups excluding carboxylic acids is 1. The Morgan fingerprint density at radius 3 is 2.52 bits per heavy atom. The number of sulfone groups is 1. The zero-order chi connectivity index (χ0) is 21.6. The minimum atomic E-state index is -3.06. The molecule has 2 aliphatic heterocycles. The van der Waals surface area contributed by atoms with Gasteiger partial charge in [0.25, 0.3) is 5.91 Å². The highest BCUT2D eigenvalue weighted by molar-refractivity contribution is 7.91. The summed E-state index contributed by atoms with van der Waals surface area (Å²) in [5, 5.41) is 7.68. The number of carbonyl (C=O) groups is 1. The van der Waals surface area contributed by atoms with Crippen LogP contribution in [0.5, 0.6) is 0 Å². The fourth-order valence-electron chi connectivity index (χ4n) is 4.90. The lowest BCUT2D eigenvalue weighted by atomic mass is 10.1. The molecule has 0 spiro atoms. The number of nitrogens with one attached hydrogen (secondary N) is 1. The molecule has 1 atom stereocenters. The van der Waals surface area contributed by atoms with E-state index in [9.17, 15) is 13.2 Å². The molecule has 0 radical (unpaired) electrons. The molecule has 0 saturated carbocycles. The van der Waals surface area contributed by atoms with Crippen LogP contribution in [0, 0.1) is 0 Å². The van der Waals surface area contributed by atoms with E-state index in [2.05, 4.69) is 27.3 Å². The number of benzene rings is 1. The Labute approximate surface area is 183 Å². The van der Waals surface area contributed by atoms with E-state index in [0.29, 0.717) is 12.1 Å². The van der Waals surface area contributed by atoms with Gasteiger partial charge in [0.05, 0.1) is 23.2 Å². The third-order valence-corrected chi connectivity index (χ3v) is 8.45. The van der Waals surface area contributed by atoms with Gasteiger partial charge in [-0.15, -0.1) is 0 Å². The van der Waals surface area contributed by atoms with Crippen LogP contribution in [0.15, 0.2) is 24.3 Å². The van der Waals surface area contributed by atoms with Gasteiger partial charge in [-0.3, -0.25) is 9.48 Å². The first kappa shape index (κ1) is 20.5. The lowest BCUT2D eigenvalue weighted by Crippen LogP contribution is -2.44. The van der Waals surface area contributed by atoms with Gasteiger partial charge in [-0.2, -0.15) is 5.10 Å². The Balaban J connectivity index is 1.35. The van der Waals surface area contributed by atoms with E-state index >= 15 is 0 Å². The standard InChI is InChI=1S/C22H29N5O3S/c1-25-10-12-26(13-11-25)17-7-5-16(6-8-17)23-22(28)21-19-3-2-4-20(19)24-27(21)18-9-14-31(29,30)15-18/h5-8,18H,2-4,9-15H2,1H3,(H,23,28). The third-order valence-electron chi connectivity index (χ3n) is 6.70. The Morgan fingerprint density at radius 1 is 1.10 bits per heavy atom. The molecular weight excluding hydrogens is 414 g/mol. The average Bonchev–Trinajstić information content (AvgIpc) is 3.43. The van der Waals surface area contributed by atoms with Crippen molar-refractivity contribution in [3.8, 4) is 0 Å². The van der Waals surface area contributed by atoms with Crippen LogP contribution in [0.4, 0.5) is 11.4 Å². The molecule has 8 nitrogen and oxygen atoms in total. The summed E-state index contributed by atoms with van der Waals surface area (Å²) < 4.78 is 25.7. The molecule has 1 aromatic carbocycles. The number of aryl methyl sites for hydroxylation is 1. The minimum Gasteiger partial charge on any atom is -0.369 e. The molecule has 0 bridgehead atoms. The Morgan fingerprint density at radius 2 is 1.84 bits per heavy atom. The van der Waals surface area contributed by atoms with Crippen molar-refractivity contribution in [3.05, 3.63) is 41.2 Å². The molecule has 2 aromatic rings. The first-order chi connectivity index (χ1) is 14.9. The van der Waals surface area contributed by atoms with E-state index in [0.717, 1.165) is 68.1 Å². The van der Waals surface area contributed by atoms with Crippen LogP contribution in [-0.4, -0.2) is 73.7 Å². The number of likely N-dealkylation sites (N-methyl/N-ethyl adjacent to an activating group) is 1. The number of amides is 1. The summed E-state index contributed by atoms with van der Waals surface area (Å²) in [7, 11) is -0.919. The smallest absolute Gasteiger partial charge is 0.274 e. The van der Waals surface area contributed by atoms with Gasteiger partial charge in [-0.25, -0.2) is 8.42 Å². The predicted octanol–water partition coefficient (Wildman–Crippen LogP) is 1.74. The van der Waals surface area contributed by atoms with Crippen molar-refractivity contribution < 1.29 is 13.2 Å². The summed E-state index contributed by atoms with van der Waals surface area (Å²) in [6, 6.07) is 7.72. The van der Waals surface area contributed by atoms with Crippen LogP contribution in [0.3, 0.4) is 0 Å². The first-order valence-electron chi connectivity index (χ1n) is 11.1. The van der Waals surface area contributed by atoms with E-state index in [-0.39, 0.29) is 23.5 Å². The van der Waals surface area contributed by atoms with Crippen molar-refractivity contribution in [3.63, 3.8) is 0 Å². The zero-order valence-electron chi connectivity index (χ0n) is 17.9. The fourth-order valence-corrected chi connectivity index (χ4v) is 6.59. The molecule has 9 heteroatoms. The summed E-state index contributed by atoms with van der Waals surface area (Å²) in [5.74, 6) is 0.0252. The van der Waals surface area contributed by atoms with Crippen LogP contribution in [0.1, 0.15) is 40.6 Å². The number of hydrogen-bond acceptors (Lipinski definition) is 6. The average molecular weight is 444 g/mol. The van der Waals surface area contributed by atoms with Crippen LogP contribution in [0.2, 0.25) is 0 Å². The van der Waals surface area contributed by atoms with Crippen LogP contribution in [0.25, 0.3) is 0 Å². The molecule has 2 saturated heterocycles. The fraction of sp³-hybridized carbons (Fsp3) is 0.545. The molecule has 2 fully saturated rings. The predicted molar refractivity (Wildman–Crippen MR) is 121 cm³/mol. The monoisotopic (exact) mass is 443 g/mol. The highest BCUT2D eigenvalue weighted by atomic mass is 32.2. The second-order valence-corrected chi connectivity index (χ2v) is 11.1. The molecule has 1 N–H and O–H groups in total. The number of hydrogen-bond donors (Lipinski definition) is 1. The molecule has 166 valence electrons. The lowest BCUT2D eigenvalue weighted by molar-refractivity contribution is 0.101. The maximum atomic E-state index is 13.3. The molecule has 3 heterocycles. The second kappa shape index (κ2) is 7.94. The summed E-state index contributed by atoms with van der Waals surface area (Å²) in [4.78, 5) is 17.9. The highest BCUT2D eigenvalue weighted by Crippen LogP contribution is 2.32. The molecule has 1 aliphatic carbocycles. The van der Waals surface area contributed by atoms with Crippen molar-refractivity contribution in [2.45, 2.75) is 31.7 Å². The van der Waals surface area contributed by atoms with E-state index in [1.54, 1.807) is 4.68 Å². The lowest BCUT2D eigenvalue weighted by Gasteiger charge is -2.34. The van der Waals surface area contributed by atoms with Gasteiger partial charge in [-0.1, -0.05) is 0 Å². The quantitative estimate of drug-likeness (QED) is 0.775. The van der Waals surface area contributed by atoms with Gasteiger partial charge >= 0.3 is 0 Å². The van der Waals surface area contributed by atoms with Crippen molar-refractivity contribution in [2.75, 3.05) is 54.9 Å². The van der Waals surface area contributed by atoms with Gasteiger partial charge in [-0.05, 0) is 57.0 Å². The van der Waals surface area contributed by atoms with Gasteiger partial charge in [0, 0.05) is 43.1 Å². The number of fused-ring (bicyclic) bond motifs is 1. The Hall–Kier alpha value is -2.39. The topological polar surface area (TPSA) is 87.5 Å². The SMILES string of the molecule is CN1CCN(c2ccc(NC(=O)c3c4c(nn3C3CCS(=O)(=O)C3)CCC4)cc2)CC1. The Kier molecular flexibility index (Phi) is 5.26. The maximum absolute atomic E-state index is 13.3. The van der Waals surface area contributed by atoms with Crippen LogP contribution >= 0.6 is 0 Å². The van der Waals surface area contributed by atoms with Crippen molar-refractivity contribution in [1.29, 1.82) is 0 Å². The molecule has 3 aliphatic rings. The molecule has 1 unspecified atom stereocenters. The van der Waals surface area contributed by atoms with Gasteiger partial charge in [0.2, 0.25) is 0 Å². The number of anilines is 2. The summed E-state index contributed by atoms with van der Waals surface area (Å²) >= 11 is 0. The summed E-state index contributed by atoms with van der Waals surface area (Å²) in [6.45, 7) is 4.09. The van der Waals surface area contributed by atoms with Crippen molar-refractivity contribution in [2.24, 2.45) is 0 Å². The normalized spacial score (nSPS) is 23.1. The van der Waals surface area contributed by atoms with E-state index < -0.39 is 9.84 Å². The van der Waals surface area contributed by atoms with E-state index in [1.165, 1.54) is 0 Å². The number of piperazine rings is 1. The molecule has 1 aromatic heterocycles. The van der Waals surface area contributed by atoms with Gasteiger partial charge in [0.15, 0.2) is 9.84 Å². The largest absolute Gasteiger partial charge is 0.369 e. The summed E-state index contributed by atoms with van der Waals surface area (Å²) in [6.07, 6.45) is 3.17. The maximum Gasteiger partial charge on any atom is 0.274 e. The number of nitrogens with zero attached hydrogens (tertiary/aromatic N) is 4. The van der Waals surface area contributed by atoms with Crippen molar-refractivity contribution >= 4 is 27.1 Å². The highest BCUT2D eigenvalue weighted by Gasteiger charge is 2.35. The second-order valence-electron chi connectivity index (χ2n) is 8.92. The van der Waals surface area contributed by atoms with Gasteiger partial charge in [0.1, 0.15) is 5.69 Å². The number of rotatable bonds is 4. The summed E-state index contributed by atoms with van der Waals surface area (Å²) in [5.41, 5.74) is 4.36. The zero-order valence-corrected chi connectivity index (χ0v) is 18.7. The first-order valence-corrected chi connectivity index (χ1v) is 12.9. The van der Waals surface area contributed by atoms with Crippen LogP contribution in [-0.2, 0) is 22.7 Å². The molecule has 31 heavy (non-hydrogen) atoms. The number of aromatic nitrogens is 2. The van der Waals surface area contributed by atoms with Crippen molar-refractivity contribution in [1.82, 2.24) is 14.7 Å². The van der Waals surface area contributed by atoms with Crippen LogP contribution < -0.4 is 10.2 Å². The minimum absolute atomic E-state index is 0.0631. The third kappa shape index (κ3) is 4.08. The molecule has 5 rings (SSSR count). The Bertz CT molecular complexity index is 1090. The molecular formula is C22H29N5O3S. The van der Waals surface area contributed by atoms with E-state index in [1.807, 2.05) is 24.3 Å².